The number of aliphatic hydroxyl groups is 1. The van der Waals surface area contributed by atoms with Crippen molar-refractivity contribution in [2.45, 2.75) is 41.3 Å². The van der Waals surface area contributed by atoms with Crippen molar-refractivity contribution in [3.05, 3.63) is 125 Å². The molecule has 1 aliphatic heterocycles. The lowest BCUT2D eigenvalue weighted by molar-refractivity contribution is -0.384. The average Bonchev–Trinajstić information content (AvgIpc) is 3.45. The fourth-order valence-electron chi connectivity index (χ4n) is 5.79. The van der Waals surface area contributed by atoms with E-state index < -0.39 is 55.8 Å². The van der Waals surface area contributed by atoms with E-state index in [1.165, 1.54) is 58.1 Å². The number of halogens is 3. The molecule has 1 aromatic heterocycles. The molecule has 12 nitrogen and oxygen atoms in total. The zero-order valence-electron chi connectivity index (χ0n) is 26.9. The Bertz CT molecular complexity index is 2040. The SMILES string of the molecule is C=CC(=O)O.O=C(O)/C=C/c1ccc(S(=O)(=O)C2CCN(CC(O)(c3cn(Cc4ccccc4)c4cc([N+](=O)[O-])ccc34)C(F)(F)F)CC2)cc1. The van der Waals surface area contributed by atoms with Gasteiger partial charge < -0.3 is 19.9 Å². The fraction of sp³-hybridized carbons (Fsp3) is 0.257. The van der Waals surface area contributed by atoms with E-state index >= 15 is 0 Å². The van der Waals surface area contributed by atoms with Crippen LogP contribution in [0.3, 0.4) is 0 Å². The number of carboxylic acids is 2. The molecule has 1 fully saturated rings. The molecular formula is C35H34F3N3O9S. The van der Waals surface area contributed by atoms with E-state index in [4.69, 9.17) is 10.2 Å². The normalized spacial score (nSPS) is 15.5. The van der Waals surface area contributed by atoms with E-state index in [0.29, 0.717) is 5.56 Å². The molecule has 1 aliphatic rings. The number of hydrogen-bond acceptors (Lipinski definition) is 8. The quantitative estimate of drug-likeness (QED) is 0.0994. The number of carbonyl (C=O) groups is 2. The van der Waals surface area contributed by atoms with E-state index in [1.807, 2.05) is 0 Å². The van der Waals surface area contributed by atoms with Crippen LogP contribution in [0.25, 0.3) is 17.0 Å². The predicted molar refractivity (Wildman–Crippen MR) is 182 cm³/mol. The molecule has 270 valence electrons. The van der Waals surface area contributed by atoms with Gasteiger partial charge in [-0.2, -0.15) is 13.2 Å². The Kier molecular flexibility index (Phi) is 11.8. The van der Waals surface area contributed by atoms with Gasteiger partial charge in [0.15, 0.2) is 9.84 Å². The third-order valence-electron chi connectivity index (χ3n) is 8.41. The molecule has 3 N–H and O–H groups in total. The maximum atomic E-state index is 14.8. The standard InChI is InChI=1S/C32H30F3N3O7S.C3H4O2/c33-32(34,35)31(41,28-20-37(19-23-4-2-1-3-5-23)29-18-24(38(42)43)9-12-27(28)29)21-36-16-14-26(15-17-36)46(44,45)25-10-6-22(7-11-25)8-13-30(39)40;1-2-3(4)5/h1-13,18,20,26,41H,14-17,19,21H2,(H,39,40);2H,1H2,(H,4,5)/b13-8+;. The Morgan fingerprint density at radius 2 is 1.59 bits per heavy atom. The van der Waals surface area contributed by atoms with Crippen LogP contribution < -0.4 is 0 Å². The van der Waals surface area contributed by atoms with Gasteiger partial charge in [-0.05, 0) is 61.3 Å². The second-order valence-corrected chi connectivity index (χ2v) is 14.0. The summed E-state index contributed by atoms with van der Waals surface area (Å²) in [4.78, 5) is 32.2. The van der Waals surface area contributed by atoms with Crippen molar-refractivity contribution in [1.29, 1.82) is 0 Å². The second kappa shape index (κ2) is 15.7. The van der Waals surface area contributed by atoms with E-state index in [0.717, 1.165) is 23.8 Å². The smallest absolute Gasteiger partial charge is 0.422 e. The summed E-state index contributed by atoms with van der Waals surface area (Å²) >= 11 is 0. The van der Waals surface area contributed by atoms with Gasteiger partial charge in [-0.15, -0.1) is 0 Å². The molecule has 0 bridgehead atoms. The van der Waals surface area contributed by atoms with Gasteiger partial charge in [0.1, 0.15) is 0 Å². The number of non-ortho nitro benzene ring substituents is 1. The lowest BCUT2D eigenvalue weighted by Crippen LogP contribution is -2.53. The molecule has 0 aliphatic carbocycles. The highest BCUT2D eigenvalue weighted by molar-refractivity contribution is 7.92. The maximum absolute atomic E-state index is 14.8. The van der Waals surface area contributed by atoms with Gasteiger partial charge in [0, 0.05) is 54.5 Å². The van der Waals surface area contributed by atoms with Gasteiger partial charge >= 0.3 is 18.1 Å². The number of aliphatic carboxylic acids is 2. The minimum atomic E-state index is -5.14. The topological polar surface area (TPSA) is 180 Å². The average molecular weight is 730 g/mol. The summed E-state index contributed by atoms with van der Waals surface area (Å²) in [6, 6.07) is 18.0. The largest absolute Gasteiger partial charge is 0.478 e. The van der Waals surface area contributed by atoms with E-state index in [1.54, 1.807) is 30.3 Å². The number of alkyl halides is 3. The molecule has 0 spiro atoms. The second-order valence-electron chi connectivity index (χ2n) is 11.8. The van der Waals surface area contributed by atoms with Crippen molar-refractivity contribution >= 4 is 44.4 Å². The number of aromatic nitrogens is 1. The molecule has 51 heavy (non-hydrogen) atoms. The highest BCUT2D eigenvalue weighted by atomic mass is 32.2. The molecule has 1 unspecified atom stereocenters. The summed E-state index contributed by atoms with van der Waals surface area (Å²) in [5, 5.41) is 38.5. The minimum Gasteiger partial charge on any atom is -0.478 e. The number of hydrogen-bond donors (Lipinski definition) is 3. The first-order valence-electron chi connectivity index (χ1n) is 15.4. The number of nitro benzene ring substituents is 1. The summed E-state index contributed by atoms with van der Waals surface area (Å²) in [6.07, 6.45) is -0.828. The number of nitro groups is 1. The number of rotatable bonds is 11. The lowest BCUT2D eigenvalue weighted by atomic mass is 9.91. The Hall–Kier alpha value is -5.32. The van der Waals surface area contributed by atoms with Crippen molar-refractivity contribution in [3.63, 3.8) is 0 Å². The van der Waals surface area contributed by atoms with Crippen LogP contribution in [0.2, 0.25) is 0 Å². The molecule has 4 aromatic rings. The summed E-state index contributed by atoms with van der Waals surface area (Å²) in [6.45, 7) is 2.13. The fourth-order valence-corrected chi connectivity index (χ4v) is 7.52. The van der Waals surface area contributed by atoms with Crippen molar-refractivity contribution < 1.29 is 51.4 Å². The molecule has 16 heteroatoms. The van der Waals surface area contributed by atoms with Crippen LogP contribution in [0, 0.1) is 10.1 Å². The maximum Gasteiger partial charge on any atom is 0.422 e. The summed E-state index contributed by atoms with van der Waals surface area (Å²) in [5.74, 6) is -2.13. The third kappa shape index (κ3) is 9.08. The van der Waals surface area contributed by atoms with Crippen LogP contribution in [0.4, 0.5) is 18.9 Å². The molecule has 0 saturated carbocycles. The number of carboxylic acid groups (broad SMARTS) is 2. The number of benzene rings is 3. The molecule has 5 rings (SSSR count). The van der Waals surface area contributed by atoms with Crippen LogP contribution in [0.5, 0.6) is 0 Å². The van der Waals surface area contributed by atoms with E-state index in [2.05, 4.69) is 6.58 Å². The summed E-state index contributed by atoms with van der Waals surface area (Å²) in [5.41, 5.74) is -2.74. The number of likely N-dealkylation sites (tertiary alicyclic amines) is 1. The van der Waals surface area contributed by atoms with Gasteiger partial charge in [0.05, 0.1) is 20.6 Å². The Morgan fingerprint density at radius 1 is 0.980 bits per heavy atom. The number of sulfone groups is 1. The molecule has 2 heterocycles. The zero-order chi connectivity index (χ0) is 37.6. The van der Waals surface area contributed by atoms with Gasteiger partial charge in [0.25, 0.3) is 5.69 Å². The van der Waals surface area contributed by atoms with Crippen LogP contribution >= 0.6 is 0 Å². The van der Waals surface area contributed by atoms with E-state index in [-0.39, 0.29) is 54.0 Å². The van der Waals surface area contributed by atoms with Gasteiger partial charge in [-0.3, -0.25) is 15.0 Å². The number of nitrogens with zero attached hydrogens (tertiary/aromatic N) is 3. The number of piperidine rings is 1. The van der Waals surface area contributed by atoms with Crippen LogP contribution in [0.15, 0.2) is 103 Å². The monoisotopic (exact) mass is 729 g/mol. The van der Waals surface area contributed by atoms with Crippen molar-refractivity contribution in [1.82, 2.24) is 9.47 Å². The van der Waals surface area contributed by atoms with Crippen LogP contribution in [-0.4, -0.2) is 81.1 Å². The molecular weight excluding hydrogens is 695 g/mol. The van der Waals surface area contributed by atoms with Gasteiger partial charge in [0.2, 0.25) is 5.60 Å². The zero-order valence-corrected chi connectivity index (χ0v) is 27.8. The van der Waals surface area contributed by atoms with Crippen molar-refractivity contribution in [3.8, 4) is 0 Å². The third-order valence-corrected chi connectivity index (χ3v) is 10.7. The first kappa shape index (κ1) is 38.5. The summed E-state index contributed by atoms with van der Waals surface area (Å²) < 4.78 is 72.5. The molecule has 0 radical (unpaired) electrons. The van der Waals surface area contributed by atoms with E-state index in [9.17, 15) is 46.4 Å². The minimum absolute atomic E-state index is 0.0143. The predicted octanol–water partition coefficient (Wildman–Crippen LogP) is 5.64. The molecule has 3 aromatic carbocycles. The van der Waals surface area contributed by atoms with Crippen molar-refractivity contribution in [2.24, 2.45) is 0 Å². The molecule has 0 amide bonds. The highest BCUT2D eigenvalue weighted by Crippen LogP contribution is 2.44. The number of β-amino-alcohol motifs (C(OH)–C–C–N with tert-alkyl or cyclic N) is 1. The lowest BCUT2D eigenvalue weighted by Gasteiger charge is -2.38. The first-order chi connectivity index (χ1) is 24.0. The van der Waals surface area contributed by atoms with Gasteiger partial charge in [-0.1, -0.05) is 49.0 Å². The first-order valence-corrected chi connectivity index (χ1v) is 16.9. The molecule has 1 atom stereocenters. The Morgan fingerprint density at radius 3 is 2.12 bits per heavy atom. The van der Waals surface area contributed by atoms with Crippen molar-refractivity contribution in [2.75, 3.05) is 19.6 Å². The summed E-state index contributed by atoms with van der Waals surface area (Å²) in [7, 11) is -3.83. The molecule has 1 saturated heterocycles. The van der Waals surface area contributed by atoms with Gasteiger partial charge in [-0.25, -0.2) is 18.0 Å². The van der Waals surface area contributed by atoms with Crippen LogP contribution in [-0.2, 0) is 31.6 Å². The van der Waals surface area contributed by atoms with Crippen LogP contribution in [0.1, 0.15) is 29.5 Å². The Balaban J connectivity index is 0.00000109. The highest BCUT2D eigenvalue weighted by Gasteiger charge is 2.57. The Labute approximate surface area is 290 Å². The number of fused-ring (bicyclic) bond motifs is 1.